The van der Waals surface area contributed by atoms with Gasteiger partial charge in [-0.15, -0.1) is 0 Å². The third kappa shape index (κ3) is 1.44. The monoisotopic (exact) mass is 202 g/mol. The quantitative estimate of drug-likeness (QED) is 0.706. The maximum absolute atomic E-state index is 11.9. The molecule has 0 saturated carbocycles. The zero-order chi connectivity index (χ0) is 11.0. The fourth-order valence-corrected chi connectivity index (χ4v) is 1.75. The maximum atomic E-state index is 11.9. The van der Waals surface area contributed by atoms with Crippen molar-refractivity contribution in [2.24, 2.45) is 7.05 Å². The lowest BCUT2D eigenvalue weighted by Crippen LogP contribution is -2.20. The molecular formula is C12H14N2O. The van der Waals surface area contributed by atoms with Crippen molar-refractivity contribution < 1.29 is 0 Å². The Labute approximate surface area is 88.4 Å². The number of fused-ring (bicyclic) bond motifs is 1. The van der Waals surface area contributed by atoms with E-state index in [1.54, 1.807) is 11.6 Å². The van der Waals surface area contributed by atoms with Crippen LogP contribution >= 0.6 is 0 Å². The highest BCUT2D eigenvalue weighted by Gasteiger charge is 2.07. The minimum absolute atomic E-state index is 0.0350. The van der Waals surface area contributed by atoms with Gasteiger partial charge in [-0.05, 0) is 25.0 Å². The Morgan fingerprint density at radius 1 is 1.40 bits per heavy atom. The van der Waals surface area contributed by atoms with Crippen LogP contribution in [0.2, 0.25) is 0 Å². The Balaban J connectivity index is 2.98. The zero-order valence-electron chi connectivity index (χ0n) is 9.24. The van der Waals surface area contributed by atoms with Gasteiger partial charge >= 0.3 is 0 Å². The number of benzene rings is 1. The van der Waals surface area contributed by atoms with Crippen LogP contribution in [0.1, 0.15) is 18.3 Å². The Bertz CT molecular complexity index is 570. The molecule has 0 amide bonds. The van der Waals surface area contributed by atoms with Gasteiger partial charge < -0.3 is 0 Å². The molecule has 3 heteroatoms. The number of hydrogen-bond donors (Lipinski definition) is 0. The standard InChI is InChI=1S/C12H14N2O/c1-4-9-6-5-7-10-11(9)13-8(2)14(3)12(10)15/h5-7H,4H2,1-3H3. The molecule has 1 heterocycles. The van der Waals surface area contributed by atoms with Gasteiger partial charge in [-0.1, -0.05) is 19.1 Å². The molecule has 3 nitrogen and oxygen atoms in total. The van der Waals surface area contributed by atoms with Crippen molar-refractivity contribution in [3.63, 3.8) is 0 Å². The van der Waals surface area contributed by atoms with E-state index in [0.717, 1.165) is 23.3 Å². The van der Waals surface area contributed by atoms with E-state index in [1.807, 2.05) is 25.1 Å². The van der Waals surface area contributed by atoms with Crippen LogP contribution in [0.4, 0.5) is 0 Å². The van der Waals surface area contributed by atoms with Crippen molar-refractivity contribution in [1.82, 2.24) is 9.55 Å². The van der Waals surface area contributed by atoms with Crippen LogP contribution in [-0.4, -0.2) is 9.55 Å². The van der Waals surface area contributed by atoms with Gasteiger partial charge in [0.25, 0.3) is 5.56 Å². The average molecular weight is 202 g/mol. The van der Waals surface area contributed by atoms with E-state index in [4.69, 9.17) is 0 Å². The molecule has 0 unspecified atom stereocenters. The normalized spacial score (nSPS) is 10.9. The van der Waals surface area contributed by atoms with E-state index in [-0.39, 0.29) is 5.56 Å². The summed E-state index contributed by atoms with van der Waals surface area (Å²) in [6.45, 7) is 3.93. The van der Waals surface area contributed by atoms with Gasteiger partial charge in [0.2, 0.25) is 0 Å². The molecule has 2 rings (SSSR count). The lowest BCUT2D eigenvalue weighted by molar-refractivity contribution is 0.791. The molecule has 0 spiro atoms. The first-order valence-electron chi connectivity index (χ1n) is 5.10. The third-order valence-electron chi connectivity index (χ3n) is 2.79. The molecule has 0 fully saturated rings. The molecule has 78 valence electrons. The van der Waals surface area contributed by atoms with Crippen LogP contribution in [0.3, 0.4) is 0 Å². The molecule has 0 saturated heterocycles. The summed E-state index contributed by atoms with van der Waals surface area (Å²) in [5, 5.41) is 0.711. The molecule has 0 bridgehead atoms. The Hall–Kier alpha value is -1.64. The lowest BCUT2D eigenvalue weighted by atomic mass is 10.1. The minimum Gasteiger partial charge on any atom is -0.299 e. The summed E-state index contributed by atoms with van der Waals surface area (Å²) in [5.41, 5.74) is 2.02. The summed E-state index contributed by atoms with van der Waals surface area (Å²) in [4.78, 5) is 16.4. The van der Waals surface area contributed by atoms with Crippen molar-refractivity contribution in [2.45, 2.75) is 20.3 Å². The first-order valence-corrected chi connectivity index (χ1v) is 5.10. The molecule has 0 aliphatic carbocycles. The van der Waals surface area contributed by atoms with Crippen molar-refractivity contribution in [2.75, 3.05) is 0 Å². The maximum Gasteiger partial charge on any atom is 0.261 e. The topological polar surface area (TPSA) is 34.9 Å². The molecule has 15 heavy (non-hydrogen) atoms. The molecule has 0 atom stereocenters. The van der Waals surface area contributed by atoms with Gasteiger partial charge in [-0.2, -0.15) is 0 Å². The summed E-state index contributed by atoms with van der Waals surface area (Å²) in [7, 11) is 1.75. The highest BCUT2D eigenvalue weighted by atomic mass is 16.1. The van der Waals surface area contributed by atoms with E-state index < -0.39 is 0 Å². The van der Waals surface area contributed by atoms with Crippen LogP contribution in [0, 0.1) is 6.92 Å². The van der Waals surface area contributed by atoms with E-state index in [2.05, 4.69) is 11.9 Å². The zero-order valence-corrected chi connectivity index (χ0v) is 9.24. The summed E-state index contributed by atoms with van der Waals surface area (Å²) in [6.07, 6.45) is 0.900. The number of rotatable bonds is 1. The van der Waals surface area contributed by atoms with Gasteiger partial charge in [-0.25, -0.2) is 4.98 Å². The van der Waals surface area contributed by atoms with Crippen molar-refractivity contribution >= 4 is 10.9 Å². The number of hydrogen-bond acceptors (Lipinski definition) is 2. The number of para-hydroxylation sites is 1. The lowest BCUT2D eigenvalue weighted by Gasteiger charge is -2.07. The molecule has 2 aromatic rings. The predicted molar refractivity (Wildman–Crippen MR) is 61.1 cm³/mol. The molecule has 0 radical (unpaired) electrons. The smallest absolute Gasteiger partial charge is 0.261 e. The third-order valence-corrected chi connectivity index (χ3v) is 2.79. The largest absolute Gasteiger partial charge is 0.299 e. The van der Waals surface area contributed by atoms with Crippen LogP contribution in [0.15, 0.2) is 23.0 Å². The van der Waals surface area contributed by atoms with Crippen LogP contribution in [0.25, 0.3) is 10.9 Å². The summed E-state index contributed by atoms with van der Waals surface area (Å²) < 4.78 is 1.59. The van der Waals surface area contributed by atoms with Gasteiger partial charge in [0.15, 0.2) is 0 Å². The molecular weight excluding hydrogens is 188 g/mol. The van der Waals surface area contributed by atoms with Crippen LogP contribution in [-0.2, 0) is 13.5 Å². The Morgan fingerprint density at radius 3 is 2.80 bits per heavy atom. The Morgan fingerprint density at radius 2 is 2.13 bits per heavy atom. The van der Waals surface area contributed by atoms with Crippen molar-refractivity contribution in [1.29, 1.82) is 0 Å². The molecule has 1 aromatic heterocycles. The second-order valence-electron chi connectivity index (χ2n) is 3.69. The fourth-order valence-electron chi connectivity index (χ4n) is 1.75. The van der Waals surface area contributed by atoms with E-state index in [0.29, 0.717) is 5.39 Å². The summed E-state index contributed by atoms with van der Waals surface area (Å²) in [5.74, 6) is 0.758. The molecule has 0 aliphatic heterocycles. The van der Waals surface area contributed by atoms with Crippen LogP contribution < -0.4 is 5.56 Å². The van der Waals surface area contributed by atoms with Gasteiger partial charge in [0, 0.05) is 7.05 Å². The first-order chi connectivity index (χ1) is 7.15. The van der Waals surface area contributed by atoms with E-state index >= 15 is 0 Å². The first kappa shape index (κ1) is 9.90. The molecule has 1 aromatic carbocycles. The second-order valence-corrected chi connectivity index (χ2v) is 3.69. The van der Waals surface area contributed by atoms with E-state index in [9.17, 15) is 4.79 Å². The van der Waals surface area contributed by atoms with Gasteiger partial charge in [-0.3, -0.25) is 9.36 Å². The van der Waals surface area contributed by atoms with Crippen molar-refractivity contribution in [3.8, 4) is 0 Å². The SMILES string of the molecule is CCc1cccc2c(=O)n(C)c(C)nc12. The number of aryl methyl sites for hydroxylation is 2. The van der Waals surface area contributed by atoms with Gasteiger partial charge in [0.05, 0.1) is 10.9 Å². The molecule has 0 N–H and O–H groups in total. The fraction of sp³-hybridized carbons (Fsp3) is 0.333. The van der Waals surface area contributed by atoms with Crippen molar-refractivity contribution in [3.05, 3.63) is 39.9 Å². The second kappa shape index (κ2) is 3.50. The molecule has 0 aliphatic rings. The summed E-state index contributed by atoms with van der Waals surface area (Å²) in [6, 6.07) is 5.77. The highest BCUT2D eigenvalue weighted by Crippen LogP contribution is 2.14. The Kier molecular flexibility index (Phi) is 2.31. The van der Waals surface area contributed by atoms with Crippen LogP contribution in [0.5, 0.6) is 0 Å². The average Bonchev–Trinajstić information content (AvgIpc) is 2.25. The van der Waals surface area contributed by atoms with Gasteiger partial charge in [0.1, 0.15) is 5.82 Å². The highest BCUT2D eigenvalue weighted by molar-refractivity contribution is 5.80. The number of aromatic nitrogens is 2. The van der Waals surface area contributed by atoms with E-state index in [1.165, 1.54) is 0 Å². The summed E-state index contributed by atoms with van der Waals surface area (Å²) >= 11 is 0. The predicted octanol–water partition coefficient (Wildman–Crippen LogP) is 1.80. The number of nitrogens with zero attached hydrogens (tertiary/aromatic N) is 2. The minimum atomic E-state index is 0.0350.